The summed E-state index contributed by atoms with van der Waals surface area (Å²) in [6.07, 6.45) is 9.13. The van der Waals surface area contributed by atoms with Crippen molar-refractivity contribution in [2.45, 2.75) is 50.2 Å². The maximum absolute atomic E-state index is 12.0. The maximum atomic E-state index is 12.0. The number of hydrogen-bond acceptors (Lipinski definition) is 3. The van der Waals surface area contributed by atoms with Crippen molar-refractivity contribution in [1.82, 2.24) is 5.32 Å². The number of fused-ring (bicyclic) bond motifs is 1. The van der Waals surface area contributed by atoms with E-state index in [1.54, 1.807) is 11.3 Å². The highest BCUT2D eigenvalue weighted by molar-refractivity contribution is 7.99. The van der Waals surface area contributed by atoms with Gasteiger partial charge in [0.2, 0.25) is 0 Å². The normalized spacial score (nSPS) is 18.7. The molecule has 2 nitrogen and oxygen atoms in total. The monoisotopic (exact) mass is 295 g/mol. The predicted molar refractivity (Wildman–Crippen MR) is 83.4 cm³/mol. The van der Waals surface area contributed by atoms with Crippen LogP contribution in [0.25, 0.3) is 0 Å². The SMILES string of the molecule is O=C(NCCSC1CCCC1)c1cc2c(s1)CCC2. The Morgan fingerprint density at radius 1 is 1.32 bits per heavy atom. The van der Waals surface area contributed by atoms with Crippen LogP contribution < -0.4 is 5.32 Å². The molecule has 1 heterocycles. The zero-order chi connectivity index (χ0) is 13.1. The molecule has 1 saturated carbocycles. The van der Waals surface area contributed by atoms with Gasteiger partial charge in [0.15, 0.2) is 0 Å². The van der Waals surface area contributed by atoms with Crippen LogP contribution in [0.5, 0.6) is 0 Å². The minimum Gasteiger partial charge on any atom is -0.351 e. The average Bonchev–Trinajstić information content (AvgIpc) is 3.09. The first-order valence-corrected chi connectivity index (χ1v) is 9.21. The summed E-state index contributed by atoms with van der Waals surface area (Å²) in [4.78, 5) is 14.4. The van der Waals surface area contributed by atoms with Crippen LogP contribution in [0.2, 0.25) is 0 Å². The molecule has 0 radical (unpaired) electrons. The zero-order valence-corrected chi connectivity index (χ0v) is 12.9. The Hall–Kier alpha value is -0.480. The summed E-state index contributed by atoms with van der Waals surface area (Å²) in [5.41, 5.74) is 1.41. The van der Waals surface area contributed by atoms with Crippen molar-refractivity contribution in [3.05, 3.63) is 21.4 Å². The fraction of sp³-hybridized carbons (Fsp3) is 0.667. The molecule has 19 heavy (non-hydrogen) atoms. The van der Waals surface area contributed by atoms with Gasteiger partial charge in [-0.2, -0.15) is 11.8 Å². The molecule has 1 aromatic rings. The standard InChI is InChI=1S/C15H21NOS2/c17-15(14-10-11-4-3-7-13(11)19-14)16-8-9-18-12-5-1-2-6-12/h10,12H,1-9H2,(H,16,17). The van der Waals surface area contributed by atoms with Crippen LogP contribution in [-0.2, 0) is 12.8 Å². The van der Waals surface area contributed by atoms with Gasteiger partial charge in [0.05, 0.1) is 4.88 Å². The lowest BCUT2D eigenvalue weighted by Gasteiger charge is -2.08. The molecule has 2 aliphatic carbocycles. The van der Waals surface area contributed by atoms with Crippen molar-refractivity contribution in [3.8, 4) is 0 Å². The van der Waals surface area contributed by atoms with Crippen molar-refractivity contribution in [1.29, 1.82) is 0 Å². The topological polar surface area (TPSA) is 29.1 Å². The second kappa shape index (κ2) is 6.31. The van der Waals surface area contributed by atoms with Gasteiger partial charge in [-0.25, -0.2) is 0 Å². The lowest BCUT2D eigenvalue weighted by atomic mass is 10.2. The predicted octanol–water partition coefficient (Wildman–Crippen LogP) is 3.64. The van der Waals surface area contributed by atoms with Gasteiger partial charge in [-0.3, -0.25) is 4.79 Å². The number of amides is 1. The van der Waals surface area contributed by atoms with E-state index in [2.05, 4.69) is 11.4 Å². The minimum atomic E-state index is 0.131. The van der Waals surface area contributed by atoms with Crippen LogP contribution in [0, 0.1) is 0 Å². The summed E-state index contributed by atoms with van der Waals surface area (Å²) in [6, 6.07) is 2.10. The van der Waals surface area contributed by atoms with E-state index >= 15 is 0 Å². The largest absolute Gasteiger partial charge is 0.351 e. The van der Waals surface area contributed by atoms with Crippen LogP contribution in [0.1, 0.15) is 52.2 Å². The summed E-state index contributed by atoms with van der Waals surface area (Å²) in [7, 11) is 0. The molecule has 0 spiro atoms. The van der Waals surface area contributed by atoms with Crippen molar-refractivity contribution >= 4 is 29.0 Å². The third kappa shape index (κ3) is 3.34. The van der Waals surface area contributed by atoms with Gasteiger partial charge >= 0.3 is 0 Å². The Labute approximate surface area is 123 Å². The van der Waals surface area contributed by atoms with Crippen molar-refractivity contribution in [2.75, 3.05) is 12.3 Å². The Morgan fingerprint density at radius 2 is 2.16 bits per heavy atom. The average molecular weight is 295 g/mol. The number of rotatable bonds is 5. The Kier molecular flexibility index (Phi) is 4.49. The molecule has 1 aromatic heterocycles. The van der Waals surface area contributed by atoms with Crippen LogP contribution in [0.3, 0.4) is 0 Å². The first-order chi connectivity index (χ1) is 9.33. The number of thioether (sulfide) groups is 1. The molecule has 1 amide bonds. The number of aryl methyl sites for hydroxylation is 2. The number of hydrogen-bond donors (Lipinski definition) is 1. The summed E-state index contributed by atoms with van der Waals surface area (Å²) in [5.74, 6) is 1.19. The third-order valence-electron chi connectivity index (χ3n) is 4.01. The van der Waals surface area contributed by atoms with E-state index in [4.69, 9.17) is 0 Å². The van der Waals surface area contributed by atoms with Gasteiger partial charge in [0, 0.05) is 22.4 Å². The molecule has 0 saturated heterocycles. The molecular formula is C15H21NOS2. The first-order valence-electron chi connectivity index (χ1n) is 7.34. The van der Waals surface area contributed by atoms with Gasteiger partial charge in [-0.15, -0.1) is 11.3 Å². The van der Waals surface area contributed by atoms with E-state index in [-0.39, 0.29) is 5.91 Å². The Morgan fingerprint density at radius 3 is 2.95 bits per heavy atom. The number of carbonyl (C=O) groups is 1. The molecule has 3 rings (SSSR count). The van der Waals surface area contributed by atoms with Gasteiger partial charge in [0.1, 0.15) is 0 Å². The lowest BCUT2D eigenvalue weighted by Crippen LogP contribution is -2.25. The third-order valence-corrected chi connectivity index (χ3v) is 6.63. The van der Waals surface area contributed by atoms with Crippen LogP contribution in [-0.4, -0.2) is 23.5 Å². The summed E-state index contributed by atoms with van der Waals surface area (Å²) < 4.78 is 0. The van der Waals surface area contributed by atoms with Crippen LogP contribution in [0.15, 0.2) is 6.07 Å². The first kappa shape index (κ1) is 13.5. The smallest absolute Gasteiger partial charge is 0.261 e. The molecule has 0 unspecified atom stereocenters. The highest BCUT2D eigenvalue weighted by atomic mass is 32.2. The fourth-order valence-electron chi connectivity index (χ4n) is 2.97. The molecule has 4 heteroatoms. The second-order valence-electron chi connectivity index (χ2n) is 5.45. The Balaban J connectivity index is 1.40. The van der Waals surface area contributed by atoms with E-state index in [9.17, 15) is 4.79 Å². The van der Waals surface area contributed by atoms with E-state index in [1.165, 1.54) is 49.0 Å². The van der Waals surface area contributed by atoms with Crippen molar-refractivity contribution < 1.29 is 4.79 Å². The highest BCUT2D eigenvalue weighted by Gasteiger charge is 2.18. The van der Waals surface area contributed by atoms with Crippen LogP contribution >= 0.6 is 23.1 Å². The zero-order valence-electron chi connectivity index (χ0n) is 11.2. The molecular weight excluding hydrogens is 274 g/mol. The second-order valence-corrected chi connectivity index (χ2v) is 7.99. The minimum absolute atomic E-state index is 0.131. The molecule has 2 aliphatic rings. The molecule has 0 aromatic carbocycles. The molecule has 0 bridgehead atoms. The van der Waals surface area contributed by atoms with E-state index in [0.717, 1.165) is 28.8 Å². The Bertz CT molecular complexity index is 427. The van der Waals surface area contributed by atoms with Gasteiger partial charge in [0.25, 0.3) is 5.91 Å². The summed E-state index contributed by atoms with van der Waals surface area (Å²) in [6.45, 7) is 0.808. The highest BCUT2D eigenvalue weighted by Crippen LogP contribution is 2.31. The maximum Gasteiger partial charge on any atom is 0.261 e. The van der Waals surface area contributed by atoms with Crippen molar-refractivity contribution in [3.63, 3.8) is 0 Å². The summed E-state index contributed by atoms with van der Waals surface area (Å²) >= 11 is 3.73. The fourth-order valence-corrected chi connectivity index (χ4v) is 5.36. The quantitative estimate of drug-likeness (QED) is 0.840. The molecule has 1 N–H and O–H groups in total. The van der Waals surface area contributed by atoms with Crippen LogP contribution in [0.4, 0.5) is 0 Å². The van der Waals surface area contributed by atoms with Crippen molar-refractivity contribution in [2.24, 2.45) is 0 Å². The van der Waals surface area contributed by atoms with E-state index < -0.39 is 0 Å². The lowest BCUT2D eigenvalue weighted by molar-refractivity contribution is 0.0960. The molecule has 0 aliphatic heterocycles. The van der Waals surface area contributed by atoms with E-state index in [0.29, 0.717) is 0 Å². The number of carbonyl (C=O) groups excluding carboxylic acids is 1. The van der Waals surface area contributed by atoms with Gasteiger partial charge in [-0.05, 0) is 43.7 Å². The van der Waals surface area contributed by atoms with Gasteiger partial charge < -0.3 is 5.32 Å². The van der Waals surface area contributed by atoms with E-state index in [1.807, 2.05) is 11.8 Å². The molecule has 104 valence electrons. The number of nitrogens with one attached hydrogen (secondary N) is 1. The molecule has 1 fully saturated rings. The summed E-state index contributed by atoms with van der Waals surface area (Å²) in [5, 5.41) is 3.91. The van der Waals surface area contributed by atoms with Gasteiger partial charge in [-0.1, -0.05) is 12.8 Å². The molecule has 0 atom stereocenters. The number of thiophene rings is 1.